The predicted octanol–water partition coefficient (Wildman–Crippen LogP) is 5.77. The molecule has 0 unspecified atom stereocenters. The number of oxazole rings is 1. The van der Waals surface area contributed by atoms with Gasteiger partial charge in [-0.15, -0.1) is 10.2 Å². The fourth-order valence-electron chi connectivity index (χ4n) is 3.68. The summed E-state index contributed by atoms with van der Waals surface area (Å²) in [5.41, 5.74) is 4.07. The average Bonchev–Trinajstić information content (AvgIpc) is 3.51. The summed E-state index contributed by atoms with van der Waals surface area (Å²) in [7, 11) is 1.65. The molecule has 0 fully saturated rings. The minimum atomic E-state index is 0.596. The lowest BCUT2D eigenvalue weighted by Gasteiger charge is -2.21. The number of anilines is 1. The molecule has 0 aliphatic carbocycles. The van der Waals surface area contributed by atoms with Crippen LogP contribution in [0, 0.1) is 0 Å². The van der Waals surface area contributed by atoms with Gasteiger partial charge in [-0.05, 0) is 69.3 Å². The Morgan fingerprint density at radius 1 is 0.939 bits per heavy atom. The molecule has 2 aromatic carbocycles. The first kappa shape index (κ1) is 22.9. The smallest absolute Gasteiger partial charge is 0.226 e. The summed E-state index contributed by atoms with van der Waals surface area (Å²) in [4.78, 5) is 6.95. The Balaban J connectivity index is 1.46. The monoisotopic (exact) mass is 463 g/mol. The van der Waals surface area contributed by atoms with Crippen molar-refractivity contribution in [2.24, 2.45) is 0 Å². The van der Waals surface area contributed by atoms with Crippen molar-refractivity contribution < 1.29 is 9.15 Å². The fraction of sp³-hybridized carbons (Fsp3) is 0.320. The number of hydrogen-bond donors (Lipinski definition) is 0. The SMILES string of the molecule is CCN(CC)c1ccc(-c2nnc(SCc3coc(-c4ccc(OC)cc4)n3)n2CC)cc1. The molecular formula is C25H29N5O2S. The van der Waals surface area contributed by atoms with Crippen LogP contribution in [0.25, 0.3) is 22.8 Å². The second kappa shape index (κ2) is 10.6. The van der Waals surface area contributed by atoms with Crippen molar-refractivity contribution in [1.29, 1.82) is 0 Å². The van der Waals surface area contributed by atoms with E-state index in [1.807, 2.05) is 24.3 Å². The van der Waals surface area contributed by atoms with Gasteiger partial charge in [0, 0.05) is 42.2 Å². The summed E-state index contributed by atoms with van der Waals surface area (Å²) < 4.78 is 13.0. The minimum absolute atomic E-state index is 0.596. The summed E-state index contributed by atoms with van der Waals surface area (Å²) >= 11 is 1.61. The van der Waals surface area contributed by atoms with E-state index in [0.717, 1.165) is 53.2 Å². The van der Waals surface area contributed by atoms with Crippen LogP contribution in [0.2, 0.25) is 0 Å². The van der Waals surface area contributed by atoms with E-state index in [1.165, 1.54) is 5.69 Å². The summed E-state index contributed by atoms with van der Waals surface area (Å²) in [6.07, 6.45) is 1.70. The Morgan fingerprint density at radius 3 is 2.27 bits per heavy atom. The zero-order chi connectivity index (χ0) is 23.2. The van der Waals surface area contributed by atoms with Crippen molar-refractivity contribution >= 4 is 17.4 Å². The van der Waals surface area contributed by atoms with Crippen LogP contribution in [-0.2, 0) is 12.3 Å². The van der Waals surface area contributed by atoms with Gasteiger partial charge in [-0.3, -0.25) is 0 Å². The first-order valence-electron chi connectivity index (χ1n) is 11.2. The van der Waals surface area contributed by atoms with Crippen molar-refractivity contribution in [3.05, 3.63) is 60.5 Å². The summed E-state index contributed by atoms with van der Waals surface area (Å²) in [5.74, 6) is 2.93. The molecule has 8 heteroatoms. The molecular weight excluding hydrogens is 434 g/mol. The van der Waals surface area contributed by atoms with E-state index >= 15 is 0 Å². The number of ether oxygens (including phenoxy) is 1. The minimum Gasteiger partial charge on any atom is -0.497 e. The Kier molecular flexibility index (Phi) is 7.34. The highest BCUT2D eigenvalue weighted by atomic mass is 32.2. The van der Waals surface area contributed by atoms with E-state index in [0.29, 0.717) is 11.6 Å². The maximum atomic E-state index is 5.68. The average molecular weight is 464 g/mol. The molecule has 0 spiro atoms. The van der Waals surface area contributed by atoms with Gasteiger partial charge in [0.1, 0.15) is 12.0 Å². The Hall–Kier alpha value is -3.26. The first-order valence-corrected chi connectivity index (χ1v) is 12.2. The standard InChI is InChI=1S/C25H29N5O2S/c1-5-29(6-2)21-12-8-18(9-13-21)23-27-28-25(30(23)7-3)33-17-20-16-32-24(26-20)19-10-14-22(31-4)15-11-19/h8-16H,5-7,17H2,1-4H3. The molecule has 4 aromatic rings. The van der Waals surface area contributed by atoms with E-state index in [2.05, 4.69) is 69.7 Å². The molecule has 33 heavy (non-hydrogen) atoms. The Labute approximate surface area is 198 Å². The van der Waals surface area contributed by atoms with Crippen molar-refractivity contribution in [2.45, 2.75) is 38.2 Å². The van der Waals surface area contributed by atoms with Crippen molar-refractivity contribution in [3.63, 3.8) is 0 Å². The summed E-state index contributed by atoms with van der Waals surface area (Å²) in [6.45, 7) is 9.22. The molecule has 172 valence electrons. The number of nitrogens with zero attached hydrogens (tertiary/aromatic N) is 5. The Bertz CT molecular complexity index is 1160. The predicted molar refractivity (Wildman–Crippen MR) is 133 cm³/mol. The van der Waals surface area contributed by atoms with E-state index in [-0.39, 0.29) is 0 Å². The second-order valence-corrected chi connectivity index (χ2v) is 8.37. The van der Waals surface area contributed by atoms with Crippen molar-refractivity contribution in [2.75, 3.05) is 25.1 Å². The third-order valence-corrected chi connectivity index (χ3v) is 6.53. The van der Waals surface area contributed by atoms with Crippen LogP contribution < -0.4 is 9.64 Å². The second-order valence-electron chi connectivity index (χ2n) is 7.43. The van der Waals surface area contributed by atoms with Crippen LogP contribution in [-0.4, -0.2) is 39.9 Å². The van der Waals surface area contributed by atoms with Gasteiger partial charge >= 0.3 is 0 Å². The van der Waals surface area contributed by atoms with Crippen LogP contribution in [0.15, 0.2) is 64.4 Å². The number of rotatable bonds is 10. The third kappa shape index (κ3) is 5.06. The topological polar surface area (TPSA) is 69.2 Å². The van der Waals surface area contributed by atoms with E-state index in [9.17, 15) is 0 Å². The Morgan fingerprint density at radius 2 is 1.64 bits per heavy atom. The number of benzene rings is 2. The molecule has 0 aliphatic heterocycles. The third-order valence-electron chi connectivity index (χ3n) is 5.53. The van der Waals surface area contributed by atoms with Crippen molar-refractivity contribution in [1.82, 2.24) is 19.7 Å². The molecule has 0 saturated carbocycles. The lowest BCUT2D eigenvalue weighted by molar-refractivity contribution is 0.415. The molecule has 4 rings (SSSR count). The summed E-state index contributed by atoms with van der Waals surface area (Å²) in [6, 6.07) is 16.2. The zero-order valence-corrected chi connectivity index (χ0v) is 20.3. The lowest BCUT2D eigenvalue weighted by Crippen LogP contribution is -2.21. The highest BCUT2D eigenvalue weighted by Gasteiger charge is 2.15. The highest BCUT2D eigenvalue weighted by Crippen LogP contribution is 2.29. The zero-order valence-electron chi connectivity index (χ0n) is 19.5. The van der Waals surface area contributed by atoms with E-state index in [4.69, 9.17) is 9.15 Å². The molecule has 7 nitrogen and oxygen atoms in total. The quantitative estimate of drug-likeness (QED) is 0.277. The molecule has 0 saturated heterocycles. The molecule has 0 atom stereocenters. The summed E-state index contributed by atoms with van der Waals surface area (Å²) in [5, 5.41) is 9.79. The normalized spacial score (nSPS) is 11.0. The van der Waals surface area contributed by atoms with Crippen LogP contribution >= 0.6 is 11.8 Å². The highest BCUT2D eigenvalue weighted by molar-refractivity contribution is 7.98. The molecule has 2 heterocycles. The van der Waals surface area contributed by atoms with E-state index in [1.54, 1.807) is 25.1 Å². The maximum absolute atomic E-state index is 5.68. The lowest BCUT2D eigenvalue weighted by atomic mass is 10.2. The van der Waals surface area contributed by atoms with Gasteiger partial charge in [0.25, 0.3) is 0 Å². The van der Waals surface area contributed by atoms with Gasteiger partial charge in [0.15, 0.2) is 11.0 Å². The van der Waals surface area contributed by atoms with Crippen molar-refractivity contribution in [3.8, 4) is 28.6 Å². The van der Waals surface area contributed by atoms with Gasteiger partial charge in [0.2, 0.25) is 5.89 Å². The number of thioether (sulfide) groups is 1. The maximum Gasteiger partial charge on any atom is 0.226 e. The van der Waals surface area contributed by atoms with Crippen LogP contribution in [0.5, 0.6) is 5.75 Å². The molecule has 0 amide bonds. The molecule has 0 N–H and O–H groups in total. The molecule has 2 aromatic heterocycles. The number of hydrogen-bond acceptors (Lipinski definition) is 7. The first-order chi connectivity index (χ1) is 16.2. The van der Waals surface area contributed by atoms with Gasteiger partial charge < -0.3 is 18.6 Å². The molecule has 0 bridgehead atoms. The van der Waals surface area contributed by atoms with E-state index < -0.39 is 0 Å². The molecule has 0 aliphatic rings. The van der Waals surface area contributed by atoms with Crippen LogP contribution in [0.1, 0.15) is 26.5 Å². The van der Waals surface area contributed by atoms with Gasteiger partial charge in [-0.25, -0.2) is 4.98 Å². The fourth-order valence-corrected chi connectivity index (χ4v) is 4.56. The van der Waals surface area contributed by atoms with Gasteiger partial charge in [0.05, 0.1) is 12.8 Å². The van der Waals surface area contributed by atoms with Crippen LogP contribution in [0.4, 0.5) is 5.69 Å². The number of aromatic nitrogens is 4. The number of methoxy groups -OCH3 is 1. The molecule has 0 radical (unpaired) electrons. The largest absolute Gasteiger partial charge is 0.497 e. The van der Waals surface area contributed by atoms with Gasteiger partial charge in [-0.2, -0.15) is 0 Å². The van der Waals surface area contributed by atoms with Crippen LogP contribution in [0.3, 0.4) is 0 Å². The van der Waals surface area contributed by atoms with Gasteiger partial charge in [-0.1, -0.05) is 11.8 Å².